The highest BCUT2D eigenvalue weighted by atomic mass is 16.5. The van der Waals surface area contributed by atoms with Crippen LogP contribution in [0.25, 0.3) is 0 Å². The number of aliphatic hydroxyl groups is 1. The van der Waals surface area contributed by atoms with E-state index in [0.717, 1.165) is 29.7 Å². The third-order valence-electron chi connectivity index (χ3n) is 3.99. The van der Waals surface area contributed by atoms with Crippen LogP contribution in [-0.4, -0.2) is 30.0 Å². The van der Waals surface area contributed by atoms with E-state index < -0.39 is 12.1 Å². The van der Waals surface area contributed by atoms with Crippen molar-refractivity contribution in [1.29, 1.82) is 0 Å². The molecule has 0 unspecified atom stereocenters. The van der Waals surface area contributed by atoms with Gasteiger partial charge < -0.3 is 19.9 Å². The highest BCUT2D eigenvalue weighted by molar-refractivity contribution is 5.67. The minimum atomic E-state index is -0.531. The molecule has 132 valence electrons. The van der Waals surface area contributed by atoms with Gasteiger partial charge >= 0.3 is 6.09 Å². The molecule has 0 aromatic heterocycles. The molecular weight excluding hydrogens is 318 g/mol. The van der Waals surface area contributed by atoms with Gasteiger partial charge in [0.2, 0.25) is 0 Å². The van der Waals surface area contributed by atoms with E-state index in [4.69, 9.17) is 9.47 Å². The summed E-state index contributed by atoms with van der Waals surface area (Å²) < 4.78 is 10.9. The third kappa shape index (κ3) is 5.80. The first-order chi connectivity index (χ1) is 12.2. The summed E-state index contributed by atoms with van der Waals surface area (Å²) in [6, 6.07) is 16.9. The molecule has 5 heteroatoms. The molecule has 1 amide bonds. The third-order valence-corrected chi connectivity index (χ3v) is 3.99. The Labute approximate surface area is 147 Å². The lowest BCUT2D eigenvalue weighted by atomic mass is 10.1. The number of alkyl carbamates (subject to hydrolysis) is 1. The molecule has 0 aliphatic heterocycles. The fourth-order valence-electron chi connectivity index (χ4n) is 2.46. The van der Waals surface area contributed by atoms with Crippen molar-refractivity contribution < 1.29 is 19.4 Å². The van der Waals surface area contributed by atoms with Gasteiger partial charge in [-0.15, -0.1) is 0 Å². The van der Waals surface area contributed by atoms with E-state index in [1.165, 1.54) is 0 Å². The molecule has 3 rings (SSSR count). The molecule has 1 fully saturated rings. The van der Waals surface area contributed by atoms with E-state index in [2.05, 4.69) is 5.32 Å². The first-order valence-electron chi connectivity index (χ1n) is 8.56. The van der Waals surface area contributed by atoms with E-state index in [9.17, 15) is 9.90 Å². The zero-order valence-electron chi connectivity index (χ0n) is 14.1. The van der Waals surface area contributed by atoms with Crippen molar-refractivity contribution in [3.63, 3.8) is 0 Å². The highest BCUT2D eigenvalue weighted by Gasteiger charge is 2.23. The SMILES string of the molecule is O=C(N[C@H](CO)Cc1ccc(OC2CC2)cc1)OCc1ccccc1. The lowest BCUT2D eigenvalue weighted by molar-refractivity contribution is 0.129. The van der Waals surface area contributed by atoms with E-state index in [0.29, 0.717) is 12.5 Å². The molecule has 2 aromatic rings. The molecule has 1 aliphatic carbocycles. The van der Waals surface area contributed by atoms with Crippen LogP contribution in [0.5, 0.6) is 5.75 Å². The first-order valence-corrected chi connectivity index (χ1v) is 8.56. The van der Waals surface area contributed by atoms with E-state index in [-0.39, 0.29) is 13.2 Å². The van der Waals surface area contributed by atoms with Gasteiger partial charge in [0.1, 0.15) is 12.4 Å². The highest BCUT2D eigenvalue weighted by Crippen LogP contribution is 2.26. The van der Waals surface area contributed by atoms with Crippen molar-refractivity contribution in [2.75, 3.05) is 6.61 Å². The monoisotopic (exact) mass is 341 g/mol. The number of nitrogens with one attached hydrogen (secondary N) is 1. The van der Waals surface area contributed by atoms with Crippen LogP contribution in [0.4, 0.5) is 4.79 Å². The fraction of sp³-hybridized carbons (Fsp3) is 0.350. The molecule has 2 N–H and O–H groups in total. The Bertz CT molecular complexity index is 668. The summed E-state index contributed by atoms with van der Waals surface area (Å²) >= 11 is 0. The maximum atomic E-state index is 11.9. The smallest absolute Gasteiger partial charge is 0.407 e. The molecule has 1 aliphatic rings. The average Bonchev–Trinajstić information content (AvgIpc) is 3.46. The molecule has 0 bridgehead atoms. The first kappa shape index (κ1) is 17.3. The van der Waals surface area contributed by atoms with Gasteiger partial charge in [-0.05, 0) is 42.5 Å². The Morgan fingerprint density at radius 1 is 1.08 bits per heavy atom. The molecule has 0 saturated heterocycles. The van der Waals surface area contributed by atoms with E-state index in [1.807, 2.05) is 54.6 Å². The Balaban J connectivity index is 1.45. The summed E-state index contributed by atoms with van der Waals surface area (Å²) in [5.41, 5.74) is 1.94. The van der Waals surface area contributed by atoms with Gasteiger partial charge in [0.05, 0.1) is 18.8 Å². The van der Waals surface area contributed by atoms with Crippen molar-refractivity contribution in [3.8, 4) is 5.75 Å². The molecule has 25 heavy (non-hydrogen) atoms. The lowest BCUT2D eigenvalue weighted by Gasteiger charge is -2.16. The van der Waals surface area contributed by atoms with Crippen molar-refractivity contribution in [1.82, 2.24) is 5.32 Å². The minimum absolute atomic E-state index is 0.152. The minimum Gasteiger partial charge on any atom is -0.490 e. The standard InChI is InChI=1S/C20H23NO4/c22-13-17(21-20(23)24-14-16-4-2-1-3-5-16)12-15-6-8-18(9-7-15)25-19-10-11-19/h1-9,17,19,22H,10-14H2,(H,21,23)/t17-/m0/s1. The number of hydrogen-bond acceptors (Lipinski definition) is 4. The summed E-state index contributed by atoms with van der Waals surface area (Å²) in [7, 11) is 0. The predicted octanol–water partition coefficient (Wildman–Crippen LogP) is 3.06. The van der Waals surface area contributed by atoms with Crippen LogP contribution >= 0.6 is 0 Å². The zero-order chi connectivity index (χ0) is 17.5. The molecule has 2 aromatic carbocycles. The summed E-state index contributed by atoms with van der Waals surface area (Å²) in [5.74, 6) is 0.863. The van der Waals surface area contributed by atoms with Gasteiger partial charge in [-0.2, -0.15) is 0 Å². The summed E-state index contributed by atoms with van der Waals surface area (Å²) in [6.45, 7) is 0.0544. The lowest BCUT2D eigenvalue weighted by Crippen LogP contribution is -2.39. The Hall–Kier alpha value is -2.53. The Morgan fingerprint density at radius 2 is 1.80 bits per heavy atom. The number of carbonyl (C=O) groups is 1. The number of carbonyl (C=O) groups excluding carboxylic acids is 1. The molecule has 0 spiro atoms. The number of ether oxygens (including phenoxy) is 2. The van der Waals surface area contributed by atoms with Crippen LogP contribution in [0.2, 0.25) is 0 Å². The number of benzene rings is 2. The second-order valence-electron chi connectivity index (χ2n) is 6.25. The number of amides is 1. The Kier molecular flexibility index (Phi) is 5.90. The fourth-order valence-corrected chi connectivity index (χ4v) is 2.46. The quantitative estimate of drug-likeness (QED) is 0.774. The van der Waals surface area contributed by atoms with Gasteiger partial charge in [0, 0.05) is 0 Å². The van der Waals surface area contributed by atoms with Crippen LogP contribution in [-0.2, 0) is 17.8 Å². The molecule has 0 heterocycles. The normalized spacial score (nSPS) is 14.6. The van der Waals surface area contributed by atoms with Crippen LogP contribution < -0.4 is 10.1 Å². The topological polar surface area (TPSA) is 67.8 Å². The maximum Gasteiger partial charge on any atom is 0.407 e. The van der Waals surface area contributed by atoms with Crippen molar-refractivity contribution >= 4 is 6.09 Å². The number of hydrogen-bond donors (Lipinski definition) is 2. The molecule has 1 saturated carbocycles. The predicted molar refractivity (Wildman–Crippen MR) is 94.4 cm³/mol. The van der Waals surface area contributed by atoms with Crippen molar-refractivity contribution in [3.05, 3.63) is 65.7 Å². The van der Waals surface area contributed by atoms with Crippen LogP contribution in [0, 0.1) is 0 Å². The van der Waals surface area contributed by atoms with Gasteiger partial charge in [-0.3, -0.25) is 0 Å². The van der Waals surface area contributed by atoms with Gasteiger partial charge in [0.15, 0.2) is 0 Å². The summed E-state index contributed by atoms with van der Waals surface area (Å²) in [5, 5.41) is 12.2. The van der Waals surface area contributed by atoms with E-state index >= 15 is 0 Å². The van der Waals surface area contributed by atoms with Gasteiger partial charge in [-0.1, -0.05) is 42.5 Å². The van der Waals surface area contributed by atoms with Crippen molar-refractivity contribution in [2.24, 2.45) is 0 Å². The Morgan fingerprint density at radius 3 is 2.44 bits per heavy atom. The zero-order valence-corrected chi connectivity index (χ0v) is 14.1. The largest absolute Gasteiger partial charge is 0.490 e. The molecular formula is C20H23NO4. The van der Waals surface area contributed by atoms with Crippen molar-refractivity contribution in [2.45, 2.75) is 38.0 Å². The van der Waals surface area contributed by atoms with Crippen LogP contribution in [0.1, 0.15) is 24.0 Å². The molecule has 1 atom stereocenters. The maximum absolute atomic E-state index is 11.9. The van der Waals surface area contributed by atoms with E-state index in [1.54, 1.807) is 0 Å². The number of aliphatic hydroxyl groups excluding tert-OH is 1. The van der Waals surface area contributed by atoms with Crippen LogP contribution in [0.15, 0.2) is 54.6 Å². The second kappa shape index (κ2) is 8.53. The summed E-state index contributed by atoms with van der Waals surface area (Å²) in [4.78, 5) is 11.9. The molecule has 0 radical (unpaired) electrons. The van der Waals surface area contributed by atoms with Gasteiger partial charge in [-0.25, -0.2) is 4.79 Å². The number of rotatable bonds is 8. The second-order valence-corrected chi connectivity index (χ2v) is 6.25. The van der Waals surface area contributed by atoms with Gasteiger partial charge in [0.25, 0.3) is 0 Å². The average molecular weight is 341 g/mol. The van der Waals surface area contributed by atoms with Crippen LogP contribution in [0.3, 0.4) is 0 Å². The summed E-state index contributed by atoms with van der Waals surface area (Å²) in [6.07, 6.45) is 2.63. The molecule has 5 nitrogen and oxygen atoms in total.